The molecule has 0 saturated heterocycles. The zero-order valence-electron chi connectivity index (χ0n) is 9.45. The van der Waals surface area contributed by atoms with Gasteiger partial charge in [-0.25, -0.2) is 0 Å². The van der Waals surface area contributed by atoms with E-state index in [1.807, 2.05) is 7.05 Å². The van der Waals surface area contributed by atoms with Gasteiger partial charge in [0.15, 0.2) is 0 Å². The standard InChI is InChI=1S/C10H18N4O/c1-8(6-11-2)7-12-10(15)9-4-5-14(3)13-9/h4-5,8,11H,6-7H2,1-3H3,(H,12,15). The van der Waals surface area contributed by atoms with Gasteiger partial charge in [0.05, 0.1) is 0 Å². The zero-order valence-corrected chi connectivity index (χ0v) is 9.45. The Kier molecular flexibility index (Phi) is 4.30. The topological polar surface area (TPSA) is 58.9 Å². The maximum atomic E-state index is 11.6. The molecular weight excluding hydrogens is 192 g/mol. The molecule has 0 aromatic carbocycles. The molecule has 84 valence electrons. The van der Waals surface area contributed by atoms with E-state index < -0.39 is 0 Å². The number of nitrogens with one attached hydrogen (secondary N) is 2. The molecule has 5 heteroatoms. The normalized spacial score (nSPS) is 12.5. The third-order valence-electron chi connectivity index (χ3n) is 2.11. The summed E-state index contributed by atoms with van der Waals surface area (Å²) in [5, 5.41) is 9.93. The first-order valence-electron chi connectivity index (χ1n) is 5.06. The predicted molar refractivity (Wildman–Crippen MR) is 58.6 cm³/mol. The molecule has 1 amide bonds. The molecule has 1 aromatic rings. The number of aromatic nitrogens is 2. The van der Waals surface area contributed by atoms with Crippen molar-refractivity contribution in [2.45, 2.75) is 6.92 Å². The minimum Gasteiger partial charge on any atom is -0.350 e. The van der Waals surface area contributed by atoms with Crippen molar-refractivity contribution in [2.24, 2.45) is 13.0 Å². The van der Waals surface area contributed by atoms with Crippen LogP contribution in [0.3, 0.4) is 0 Å². The van der Waals surface area contributed by atoms with Gasteiger partial charge >= 0.3 is 0 Å². The van der Waals surface area contributed by atoms with Crippen molar-refractivity contribution in [1.29, 1.82) is 0 Å². The van der Waals surface area contributed by atoms with Crippen LogP contribution < -0.4 is 10.6 Å². The Bertz CT molecular complexity index is 321. The highest BCUT2D eigenvalue weighted by Crippen LogP contribution is 1.95. The maximum absolute atomic E-state index is 11.6. The van der Waals surface area contributed by atoms with Gasteiger partial charge in [0.25, 0.3) is 5.91 Å². The van der Waals surface area contributed by atoms with Gasteiger partial charge in [0.1, 0.15) is 5.69 Å². The highest BCUT2D eigenvalue weighted by molar-refractivity contribution is 5.92. The molecule has 1 unspecified atom stereocenters. The lowest BCUT2D eigenvalue weighted by atomic mass is 10.2. The zero-order chi connectivity index (χ0) is 11.3. The van der Waals surface area contributed by atoms with E-state index in [1.165, 1.54) is 0 Å². The molecule has 0 spiro atoms. The van der Waals surface area contributed by atoms with Crippen molar-refractivity contribution in [3.05, 3.63) is 18.0 Å². The van der Waals surface area contributed by atoms with Crippen molar-refractivity contribution >= 4 is 5.91 Å². The lowest BCUT2D eigenvalue weighted by Gasteiger charge is -2.10. The van der Waals surface area contributed by atoms with Gasteiger partial charge in [-0.1, -0.05) is 6.92 Å². The first-order valence-corrected chi connectivity index (χ1v) is 5.06. The number of carbonyl (C=O) groups is 1. The van der Waals surface area contributed by atoms with E-state index in [0.29, 0.717) is 18.2 Å². The number of hydrogen-bond acceptors (Lipinski definition) is 3. The Morgan fingerprint density at radius 2 is 2.33 bits per heavy atom. The van der Waals surface area contributed by atoms with Crippen LogP contribution in [0.1, 0.15) is 17.4 Å². The number of aryl methyl sites for hydroxylation is 1. The second-order valence-electron chi connectivity index (χ2n) is 3.75. The van der Waals surface area contributed by atoms with E-state index in [-0.39, 0.29) is 5.91 Å². The average Bonchev–Trinajstić information content (AvgIpc) is 2.62. The van der Waals surface area contributed by atoms with E-state index in [0.717, 1.165) is 6.54 Å². The third-order valence-corrected chi connectivity index (χ3v) is 2.11. The minimum absolute atomic E-state index is 0.112. The number of nitrogens with zero attached hydrogens (tertiary/aromatic N) is 2. The van der Waals surface area contributed by atoms with Crippen molar-refractivity contribution in [3.8, 4) is 0 Å². The van der Waals surface area contributed by atoms with E-state index >= 15 is 0 Å². The van der Waals surface area contributed by atoms with Crippen molar-refractivity contribution in [1.82, 2.24) is 20.4 Å². The lowest BCUT2D eigenvalue weighted by molar-refractivity contribution is 0.0942. The molecule has 0 bridgehead atoms. The predicted octanol–water partition coefficient (Wildman–Crippen LogP) is 0.00540. The van der Waals surface area contributed by atoms with Crippen LogP contribution in [0.25, 0.3) is 0 Å². The number of rotatable bonds is 5. The van der Waals surface area contributed by atoms with Crippen LogP contribution in [0.2, 0.25) is 0 Å². The fourth-order valence-electron chi connectivity index (χ4n) is 1.31. The van der Waals surface area contributed by atoms with Crippen molar-refractivity contribution < 1.29 is 4.79 Å². The SMILES string of the molecule is CNCC(C)CNC(=O)c1ccn(C)n1. The molecule has 0 aliphatic rings. The summed E-state index contributed by atoms with van der Waals surface area (Å²) in [7, 11) is 3.69. The number of amides is 1. The highest BCUT2D eigenvalue weighted by Gasteiger charge is 2.09. The third kappa shape index (κ3) is 3.71. The lowest BCUT2D eigenvalue weighted by Crippen LogP contribution is -2.32. The van der Waals surface area contributed by atoms with Crippen LogP contribution in [-0.4, -0.2) is 35.8 Å². The molecular formula is C10H18N4O. The van der Waals surface area contributed by atoms with E-state index in [1.54, 1.807) is 24.0 Å². The summed E-state index contributed by atoms with van der Waals surface area (Å²) >= 11 is 0. The first kappa shape index (κ1) is 11.7. The van der Waals surface area contributed by atoms with Crippen LogP contribution in [0.5, 0.6) is 0 Å². The summed E-state index contributed by atoms with van der Waals surface area (Å²) in [6.07, 6.45) is 1.76. The fraction of sp³-hybridized carbons (Fsp3) is 0.600. The van der Waals surface area contributed by atoms with E-state index in [4.69, 9.17) is 0 Å². The monoisotopic (exact) mass is 210 g/mol. The minimum atomic E-state index is -0.112. The summed E-state index contributed by atoms with van der Waals surface area (Å²) in [6.45, 7) is 3.63. The Morgan fingerprint density at radius 3 is 2.87 bits per heavy atom. The molecule has 0 saturated carbocycles. The largest absolute Gasteiger partial charge is 0.350 e. The molecule has 1 heterocycles. The molecule has 0 fully saturated rings. The summed E-state index contributed by atoms with van der Waals surface area (Å²) < 4.78 is 1.62. The van der Waals surface area contributed by atoms with Gasteiger partial charge in [-0.3, -0.25) is 9.48 Å². The molecule has 15 heavy (non-hydrogen) atoms. The summed E-state index contributed by atoms with van der Waals surface area (Å²) in [6, 6.07) is 1.71. The second kappa shape index (κ2) is 5.50. The molecule has 2 N–H and O–H groups in total. The van der Waals surface area contributed by atoms with Gasteiger partial charge in [0.2, 0.25) is 0 Å². The molecule has 0 aliphatic heterocycles. The Labute approximate surface area is 89.9 Å². The Hall–Kier alpha value is -1.36. The van der Waals surface area contributed by atoms with Crippen molar-refractivity contribution in [2.75, 3.05) is 20.1 Å². The fourth-order valence-corrected chi connectivity index (χ4v) is 1.31. The van der Waals surface area contributed by atoms with Gasteiger partial charge in [-0.05, 0) is 25.6 Å². The smallest absolute Gasteiger partial charge is 0.271 e. The highest BCUT2D eigenvalue weighted by atomic mass is 16.1. The van der Waals surface area contributed by atoms with E-state index in [9.17, 15) is 4.79 Å². The van der Waals surface area contributed by atoms with Crippen LogP contribution in [0.15, 0.2) is 12.3 Å². The van der Waals surface area contributed by atoms with Gasteiger partial charge in [-0.15, -0.1) is 0 Å². The van der Waals surface area contributed by atoms with Crippen LogP contribution in [-0.2, 0) is 7.05 Å². The second-order valence-corrected chi connectivity index (χ2v) is 3.75. The maximum Gasteiger partial charge on any atom is 0.271 e. The van der Waals surface area contributed by atoms with Crippen LogP contribution in [0, 0.1) is 5.92 Å². The Morgan fingerprint density at radius 1 is 1.60 bits per heavy atom. The summed E-state index contributed by atoms with van der Waals surface area (Å²) in [5.74, 6) is 0.307. The van der Waals surface area contributed by atoms with E-state index in [2.05, 4.69) is 22.7 Å². The molecule has 1 rings (SSSR count). The summed E-state index contributed by atoms with van der Waals surface area (Å²) in [5.41, 5.74) is 0.467. The number of hydrogen-bond donors (Lipinski definition) is 2. The molecule has 0 radical (unpaired) electrons. The average molecular weight is 210 g/mol. The Balaban J connectivity index is 2.36. The first-order chi connectivity index (χ1) is 7.13. The van der Waals surface area contributed by atoms with Gasteiger partial charge in [-0.2, -0.15) is 5.10 Å². The van der Waals surface area contributed by atoms with Crippen LogP contribution >= 0.6 is 0 Å². The molecule has 5 nitrogen and oxygen atoms in total. The van der Waals surface area contributed by atoms with Crippen LogP contribution in [0.4, 0.5) is 0 Å². The van der Waals surface area contributed by atoms with Gasteiger partial charge in [0, 0.05) is 19.8 Å². The number of carbonyl (C=O) groups excluding carboxylic acids is 1. The quantitative estimate of drug-likeness (QED) is 0.719. The molecule has 1 aromatic heterocycles. The molecule has 0 aliphatic carbocycles. The summed E-state index contributed by atoms with van der Waals surface area (Å²) in [4.78, 5) is 11.6. The van der Waals surface area contributed by atoms with Gasteiger partial charge < -0.3 is 10.6 Å². The molecule has 1 atom stereocenters. The van der Waals surface area contributed by atoms with Crippen molar-refractivity contribution in [3.63, 3.8) is 0 Å².